The number of hydrogen-bond acceptors (Lipinski definition) is 2. The Kier molecular flexibility index (Phi) is 4.73. The lowest BCUT2D eigenvalue weighted by molar-refractivity contribution is -0.323. The van der Waals surface area contributed by atoms with E-state index in [4.69, 9.17) is 0 Å². The molecule has 0 aromatic heterocycles. The van der Waals surface area contributed by atoms with E-state index in [1.807, 2.05) is 0 Å². The summed E-state index contributed by atoms with van der Waals surface area (Å²) in [7, 11) is 0. The van der Waals surface area contributed by atoms with Gasteiger partial charge in [-0.25, -0.2) is 8.78 Å². The number of benzene rings is 2. The quantitative estimate of drug-likeness (QED) is 0.444. The molecule has 0 unspecified atom stereocenters. The highest BCUT2D eigenvalue weighted by atomic mass is 19.4. The number of fused-ring (bicyclic) bond motifs is 1. The molecule has 0 fully saturated rings. The molecule has 2 aromatic carbocycles. The van der Waals surface area contributed by atoms with Gasteiger partial charge < -0.3 is 5.11 Å². The molecule has 0 aliphatic rings. The maximum Gasteiger partial charge on any atom is 0.439 e. The lowest BCUT2D eigenvalue weighted by Crippen LogP contribution is -2.58. The topological polar surface area (TPSA) is 37.3 Å². The third-order valence-corrected chi connectivity index (χ3v) is 3.54. The Labute approximate surface area is 140 Å². The highest BCUT2D eigenvalue weighted by molar-refractivity contribution is 6.04. The average molecular weight is 384 g/mol. The smallest absolute Gasteiger partial charge is 0.439 e. The van der Waals surface area contributed by atoms with Crippen LogP contribution in [0.2, 0.25) is 0 Å². The van der Waals surface area contributed by atoms with Crippen molar-refractivity contribution in [3.63, 3.8) is 0 Å². The minimum atomic E-state index is -6.59. The molecule has 0 spiro atoms. The summed E-state index contributed by atoms with van der Waals surface area (Å²) in [5.41, 5.74) is -6.63. The van der Waals surface area contributed by atoms with Crippen molar-refractivity contribution in [1.29, 1.82) is 0 Å². The van der Waals surface area contributed by atoms with Crippen LogP contribution in [0.5, 0.6) is 0 Å². The maximum atomic E-state index is 13.7. The molecule has 0 atom stereocenters. The summed E-state index contributed by atoms with van der Waals surface area (Å²) < 4.78 is 103. The summed E-state index contributed by atoms with van der Waals surface area (Å²) in [4.78, 5) is 11.4. The fourth-order valence-corrected chi connectivity index (χ4v) is 2.23. The lowest BCUT2D eigenvalue weighted by atomic mass is 9.96. The van der Waals surface area contributed by atoms with E-state index in [0.29, 0.717) is 0 Å². The first-order valence-electron chi connectivity index (χ1n) is 6.75. The van der Waals surface area contributed by atoms with E-state index in [9.17, 15) is 45.0 Å². The molecule has 2 aromatic rings. The van der Waals surface area contributed by atoms with Crippen molar-refractivity contribution in [1.82, 2.24) is 0 Å². The molecule has 0 saturated heterocycles. The molecular formula is C16H8F8O2. The van der Waals surface area contributed by atoms with Crippen LogP contribution in [-0.2, 0) is 4.79 Å². The zero-order valence-electron chi connectivity index (χ0n) is 12.4. The number of aliphatic hydroxyl groups is 1. The standard InChI is InChI=1S/C16H8F8O2/c17-11-6-5-10(8-3-1-2-4-9(8)11)12(25)7-13(26)14(18,15(19,20)21)16(22,23)24/h1-7,25H/b12-7-. The Balaban J connectivity index is 2.60. The second kappa shape index (κ2) is 6.26. The SMILES string of the molecule is O=C(/C=C(\O)c1ccc(F)c2ccccc12)C(F)(C(F)(F)F)C(F)(F)F. The minimum absolute atomic E-state index is 0.0995. The number of alkyl halides is 7. The second-order valence-electron chi connectivity index (χ2n) is 5.19. The van der Waals surface area contributed by atoms with Crippen LogP contribution in [0.1, 0.15) is 5.56 Å². The molecule has 26 heavy (non-hydrogen) atoms. The average Bonchev–Trinajstić information content (AvgIpc) is 2.52. The van der Waals surface area contributed by atoms with E-state index in [1.54, 1.807) is 0 Å². The van der Waals surface area contributed by atoms with E-state index in [0.717, 1.165) is 12.1 Å². The third-order valence-electron chi connectivity index (χ3n) is 3.54. The molecule has 0 aliphatic heterocycles. The van der Waals surface area contributed by atoms with Crippen molar-refractivity contribution >= 4 is 22.3 Å². The molecule has 140 valence electrons. The van der Waals surface area contributed by atoms with Crippen molar-refractivity contribution < 1.29 is 45.0 Å². The van der Waals surface area contributed by atoms with Gasteiger partial charge in [0.25, 0.3) is 0 Å². The van der Waals surface area contributed by atoms with Crippen LogP contribution < -0.4 is 0 Å². The number of allylic oxidation sites excluding steroid dienone is 1. The fourth-order valence-electron chi connectivity index (χ4n) is 2.23. The number of halogens is 8. The molecular weight excluding hydrogens is 376 g/mol. The molecule has 0 aliphatic carbocycles. The van der Waals surface area contributed by atoms with Gasteiger partial charge in [0.2, 0.25) is 5.78 Å². The van der Waals surface area contributed by atoms with Crippen LogP contribution in [0.4, 0.5) is 35.1 Å². The zero-order valence-corrected chi connectivity index (χ0v) is 12.4. The predicted molar refractivity (Wildman–Crippen MR) is 75.5 cm³/mol. The molecule has 2 rings (SSSR count). The van der Waals surface area contributed by atoms with E-state index in [1.165, 1.54) is 24.3 Å². The number of rotatable bonds is 3. The number of hydrogen-bond donors (Lipinski definition) is 1. The van der Waals surface area contributed by atoms with Gasteiger partial charge in [0.1, 0.15) is 11.6 Å². The van der Waals surface area contributed by atoms with Crippen molar-refractivity contribution in [2.24, 2.45) is 0 Å². The lowest BCUT2D eigenvalue weighted by Gasteiger charge is -2.27. The van der Waals surface area contributed by atoms with Crippen LogP contribution in [0, 0.1) is 5.82 Å². The van der Waals surface area contributed by atoms with Crippen LogP contribution in [0.25, 0.3) is 16.5 Å². The molecule has 2 nitrogen and oxygen atoms in total. The molecule has 0 bridgehead atoms. The molecule has 0 amide bonds. The Hall–Kier alpha value is -2.65. The highest BCUT2D eigenvalue weighted by Gasteiger charge is 2.76. The summed E-state index contributed by atoms with van der Waals surface area (Å²) in [6.07, 6.45) is -13.7. The van der Waals surface area contributed by atoms with Crippen molar-refractivity contribution in [2.75, 3.05) is 0 Å². The predicted octanol–water partition coefficient (Wildman–Crippen LogP) is 5.28. The first kappa shape index (κ1) is 19.7. The van der Waals surface area contributed by atoms with E-state index < -0.39 is 47.0 Å². The van der Waals surface area contributed by atoms with Gasteiger partial charge in [0.05, 0.1) is 0 Å². The van der Waals surface area contributed by atoms with Gasteiger partial charge >= 0.3 is 18.0 Å². The molecule has 0 heterocycles. The molecule has 0 radical (unpaired) electrons. The monoisotopic (exact) mass is 384 g/mol. The Morgan fingerprint density at radius 1 is 0.846 bits per heavy atom. The van der Waals surface area contributed by atoms with Gasteiger partial charge in [-0.15, -0.1) is 0 Å². The summed E-state index contributed by atoms with van der Waals surface area (Å²) in [6, 6.07) is 6.79. The zero-order chi connectivity index (χ0) is 19.9. The van der Waals surface area contributed by atoms with E-state index in [2.05, 4.69) is 0 Å². The van der Waals surface area contributed by atoms with Gasteiger partial charge in [-0.05, 0) is 17.5 Å². The van der Waals surface area contributed by atoms with Crippen LogP contribution >= 0.6 is 0 Å². The first-order valence-corrected chi connectivity index (χ1v) is 6.75. The maximum absolute atomic E-state index is 13.7. The largest absolute Gasteiger partial charge is 0.507 e. The molecule has 0 saturated carbocycles. The normalized spacial score (nSPS) is 13.9. The number of carbonyl (C=O) groups excluding carboxylic acids is 1. The van der Waals surface area contributed by atoms with Gasteiger partial charge in [0, 0.05) is 17.0 Å². The Morgan fingerprint density at radius 2 is 1.35 bits per heavy atom. The van der Waals surface area contributed by atoms with E-state index >= 15 is 0 Å². The van der Waals surface area contributed by atoms with Crippen LogP contribution in [-0.4, -0.2) is 28.9 Å². The molecule has 10 heteroatoms. The third kappa shape index (κ3) is 3.11. The van der Waals surface area contributed by atoms with Gasteiger partial charge in [-0.3, -0.25) is 4.79 Å². The van der Waals surface area contributed by atoms with Gasteiger partial charge in [-0.1, -0.05) is 24.3 Å². The second-order valence-corrected chi connectivity index (χ2v) is 5.19. The van der Waals surface area contributed by atoms with Crippen molar-refractivity contribution in [3.8, 4) is 0 Å². The van der Waals surface area contributed by atoms with Gasteiger partial charge in [-0.2, -0.15) is 26.3 Å². The summed E-state index contributed by atoms with van der Waals surface area (Å²) in [5, 5.41) is 9.58. The summed E-state index contributed by atoms with van der Waals surface area (Å²) in [5.74, 6) is -5.21. The first-order chi connectivity index (χ1) is 11.8. The number of ketones is 1. The number of carbonyl (C=O) groups is 1. The molecule has 1 N–H and O–H groups in total. The Bertz CT molecular complexity index is 866. The number of aliphatic hydroxyl groups excluding tert-OH is 1. The van der Waals surface area contributed by atoms with Crippen LogP contribution in [0.3, 0.4) is 0 Å². The van der Waals surface area contributed by atoms with E-state index in [-0.39, 0.29) is 10.8 Å². The van der Waals surface area contributed by atoms with Crippen molar-refractivity contribution in [2.45, 2.75) is 18.0 Å². The highest BCUT2D eigenvalue weighted by Crippen LogP contribution is 2.47. The fraction of sp³-hybridized carbons (Fsp3) is 0.188. The van der Waals surface area contributed by atoms with Crippen molar-refractivity contribution in [3.05, 3.63) is 53.9 Å². The Morgan fingerprint density at radius 3 is 1.85 bits per heavy atom. The van der Waals surface area contributed by atoms with Gasteiger partial charge in [0.15, 0.2) is 0 Å². The minimum Gasteiger partial charge on any atom is -0.507 e. The summed E-state index contributed by atoms with van der Waals surface area (Å²) in [6.45, 7) is 0. The van der Waals surface area contributed by atoms with Crippen LogP contribution in [0.15, 0.2) is 42.5 Å². The summed E-state index contributed by atoms with van der Waals surface area (Å²) >= 11 is 0.